The molecule has 0 saturated heterocycles. The number of hydrogen-bond donors (Lipinski definition) is 1. The third-order valence-corrected chi connectivity index (χ3v) is 4.12. The van der Waals surface area contributed by atoms with Gasteiger partial charge in [-0.3, -0.25) is 4.57 Å². The zero-order valence-corrected chi connectivity index (χ0v) is 13.8. The highest BCUT2D eigenvalue weighted by Gasteiger charge is 2.19. The smallest absolute Gasteiger partial charge is 0.182 e. The van der Waals surface area contributed by atoms with Gasteiger partial charge in [0.25, 0.3) is 0 Å². The molecule has 0 fully saturated rings. The molecule has 2 nitrogen and oxygen atoms in total. The van der Waals surface area contributed by atoms with Gasteiger partial charge in [-0.15, -0.1) is 0 Å². The third-order valence-electron chi connectivity index (χ3n) is 3.60. The summed E-state index contributed by atoms with van der Waals surface area (Å²) in [6.07, 6.45) is 0. The van der Waals surface area contributed by atoms with Crippen molar-refractivity contribution >= 4 is 34.9 Å². The molecule has 0 aliphatic heterocycles. The summed E-state index contributed by atoms with van der Waals surface area (Å²) < 4.78 is 2.77. The van der Waals surface area contributed by atoms with E-state index in [1.54, 1.807) is 0 Å². The Hall–Kier alpha value is -1.58. The SMILES string of the molecule is CC(C)(C)c1ccccc1-n1c(=S)[nH]c2cc(Cl)ccc21. The van der Waals surface area contributed by atoms with Crippen molar-refractivity contribution in [3.63, 3.8) is 0 Å². The topological polar surface area (TPSA) is 20.7 Å². The molecule has 0 unspecified atom stereocenters. The van der Waals surface area contributed by atoms with Crippen molar-refractivity contribution in [2.75, 3.05) is 0 Å². The molecule has 2 aromatic carbocycles. The molecular weight excluding hydrogens is 300 g/mol. The van der Waals surface area contributed by atoms with Crippen molar-refractivity contribution in [3.05, 3.63) is 57.8 Å². The van der Waals surface area contributed by atoms with Gasteiger partial charge in [-0.2, -0.15) is 0 Å². The molecule has 21 heavy (non-hydrogen) atoms. The summed E-state index contributed by atoms with van der Waals surface area (Å²) in [7, 11) is 0. The van der Waals surface area contributed by atoms with Crippen molar-refractivity contribution in [2.45, 2.75) is 26.2 Å². The molecular formula is C17H17ClN2S. The first-order valence-electron chi connectivity index (χ1n) is 6.88. The third kappa shape index (κ3) is 2.52. The van der Waals surface area contributed by atoms with E-state index in [1.165, 1.54) is 5.56 Å². The Morgan fingerprint density at radius 1 is 1.10 bits per heavy atom. The number of hydrogen-bond acceptors (Lipinski definition) is 1. The number of rotatable bonds is 1. The van der Waals surface area contributed by atoms with Gasteiger partial charge in [0.1, 0.15) is 0 Å². The highest BCUT2D eigenvalue weighted by atomic mass is 35.5. The Bertz CT molecular complexity index is 868. The fourth-order valence-corrected chi connectivity index (χ4v) is 3.10. The molecule has 0 radical (unpaired) electrons. The molecule has 0 aliphatic carbocycles. The summed E-state index contributed by atoms with van der Waals surface area (Å²) in [5.41, 5.74) is 4.42. The second-order valence-electron chi connectivity index (χ2n) is 6.19. The minimum atomic E-state index is 0.0430. The molecule has 4 heteroatoms. The van der Waals surface area contributed by atoms with Gasteiger partial charge in [0.05, 0.1) is 16.7 Å². The summed E-state index contributed by atoms with van der Waals surface area (Å²) in [4.78, 5) is 3.24. The summed E-state index contributed by atoms with van der Waals surface area (Å²) in [6, 6.07) is 14.2. The molecule has 108 valence electrons. The first-order chi connectivity index (χ1) is 9.88. The van der Waals surface area contributed by atoms with E-state index in [1.807, 2.05) is 24.3 Å². The van der Waals surface area contributed by atoms with Crippen molar-refractivity contribution in [2.24, 2.45) is 0 Å². The van der Waals surface area contributed by atoms with Crippen LogP contribution in [0.25, 0.3) is 16.7 Å². The van der Waals surface area contributed by atoms with Crippen molar-refractivity contribution in [1.29, 1.82) is 0 Å². The lowest BCUT2D eigenvalue weighted by atomic mass is 9.86. The predicted molar refractivity (Wildman–Crippen MR) is 92.2 cm³/mol. The average molecular weight is 317 g/mol. The molecule has 0 spiro atoms. The van der Waals surface area contributed by atoms with E-state index in [9.17, 15) is 0 Å². The number of para-hydroxylation sites is 1. The zero-order chi connectivity index (χ0) is 15.2. The van der Waals surface area contributed by atoms with E-state index in [0.717, 1.165) is 16.7 Å². The van der Waals surface area contributed by atoms with Crippen LogP contribution >= 0.6 is 23.8 Å². The first kappa shape index (κ1) is 14.4. The molecule has 0 bridgehead atoms. The summed E-state index contributed by atoms with van der Waals surface area (Å²) in [6.45, 7) is 6.63. The lowest BCUT2D eigenvalue weighted by Crippen LogP contribution is -2.15. The molecule has 1 aromatic heterocycles. The van der Waals surface area contributed by atoms with Crippen LogP contribution in [0.4, 0.5) is 0 Å². The van der Waals surface area contributed by atoms with Crippen LogP contribution in [0.15, 0.2) is 42.5 Å². The molecule has 1 heterocycles. The van der Waals surface area contributed by atoms with Gasteiger partial charge in [0.15, 0.2) is 4.77 Å². The lowest BCUT2D eigenvalue weighted by molar-refractivity contribution is 0.586. The van der Waals surface area contributed by atoms with Crippen LogP contribution in [-0.4, -0.2) is 9.55 Å². The largest absolute Gasteiger partial charge is 0.330 e. The number of H-pyrrole nitrogens is 1. The van der Waals surface area contributed by atoms with Crippen LogP contribution in [0.3, 0.4) is 0 Å². The van der Waals surface area contributed by atoms with Gasteiger partial charge in [-0.1, -0.05) is 50.6 Å². The minimum Gasteiger partial charge on any atom is -0.330 e. The van der Waals surface area contributed by atoms with Crippen LogP contribution < -0.4 is 0 Å². The highest BCUT2D eigenvalue weighted by molar-refractivity contribution is 7.71. The lowest BCUT2D eigenvalue weighted by Gasteiger charge is -2.23. The van der Waals surface area contributed by atoms with E-state index >= 15 is 0 Å². The van der Waals surface area contributed by atoms with E-state index < -0.39 is 0 Å². The Balaban J connectivity index is 2.37. The average Bonchev–Trinajstić information content (AvgIpc) is 2.72. The van der Waals surface area contributed by atoms with Crippen LogP contribution in [-0.2, 0) is 5.41 Å². The number of halogens is 1. The van der Waals surface area contributed by atoms with Gasteiger partial charge < -0.3 is 4.98 Å². The Labute approximate surface area is 134 Å². The van der Waals surface area contributed by atoms with Gasteiger partial charge in [-0.25, -0.2) is 0 Å². The van der Waals surface area contributed by atoms with Crippen LogP contribution in [0.5, 0.6) is 0 Å². The second kappa shape index (κ2) is 5.00. The molecule has 1 N–H and O–H groups in total. The number of imidazole rings is 1. The van der Waals surface area contributed by atoms with E-state index in [0.29, 0.717) is 9.79 Å². The molecule has 3 rings (SSSR count). The van der Waals surface area contributed by atoms with Gasteiger partial charge >= 0.3 is 0 Å². The van der Waals surface area contributed by atoms with E-state index in [4.69, 9.17) is 23.8 Å². The monoisotopic (exact) mass is 316 g/mol. The predicted octanol–water partition coefficient (Wildman–Crippen LogP) is 5.64. The number of nitrogens with one attached hydrogen (secondary N) is 1. The molecule has 0 amide bonds. The number of aromatic amines is 1. The van der Waals surface area contributed by atoms with Crippen molar-refractivity contribution in [3.8, 4) is 5.69 Å². The van der Waals surface area contributed by atoms with E-state index in [-0.39, 0.29) is 5.41 Å². The standard InChI is InChI=1S/C17H17ClN2S/c1-17(2,3)12-6-4-5-7-14(12)20-15-9-8-11(18)10-13(15)19-16(20)21/h4-10H,1-3H3,(H,19,21). The Morgan fingerprint density at radius 3 is 2.52 bits per heavy atom. The Morgan fingerprint density at radius 2 is 1.81 bits per heavy atom. The van der Waals surface area contributed by atoms with Crippen LogP contribution in [0, 0.1) is 4.77 Å². The van der Waals surface area contributed by atoms with E-state index in [2.05, 4.69) is 48.5 Å². The number of nitrogens with zero attached hydrogens (tertiary/aromatic N) is 1. The van der Waals surface area contributed by atoms with Gasteiger partial charge in [0.2, 0.25) is 0 Å². The highest BCUT2D eigenvalue weighted by Crippen LogP contribution is 2.31. The summed E-state index contributed by atoms with van der Waals surface area (Å²) >= 11 is 11.6. The maximum Gasteiger partial charge on any atom is 0.182 e. The maximum atomic E-state index is 6.07. The summed E-state index contributed by atoms with van der Waals surface area (Å²) in [5, 5.41) is 0.704. The second-order valence-corrected chi connectivity index (χ2v) is 7.02. The number of benzene rings is 2. The van der Waals surface area contributed by atoms with Crippen LogP contribution in [0.1, 0.15) is 26.3 Å². The summed E-state index contributed by atoms with van der Waals surface area (Å²) in [5.74, 6) is 0. The first-order valence-corrected chi connectivity index (χ1v) is 7.67. The van der Waals surface area contributed by atoms with Crippen LogP contribution in [0.2, 0.25) is 5.02 Å². The fraction of sp³-hybridized carbons (Fsp3) is 0.235. The number of fused-ring (bicyclic) bond motifs is 1. The number of aromatic nitrogens is 2. The minimum absolute atomic E-state index is 0.0430. The van der Waals surface area contributed by atoms with Gasteiger partial charge in [-0.05, 0) is 47.5 Å². The molecule has 3 aromatic rings. The van der Waals surface area contributed by atoms with Crippen molar-refractivity contribution in [1.82, 2.24) is 9.55 Å². The molecule has 0 atom stereocenters. The maximum absolute atomic E-state index is 6.07. The quantitative estimate of drug-likeness (QED) is 0.576. The van der Waals surface area contributed by atoms with Crippen molar-refractivity contribution < 1.29 is 0 Å². The fourth-order valence-electron chi connectivity index (χ4n) is 2.63. The normalized spacial score (nSPS) is 12.0. The molecule has 0 aliphatic rings. The Kier molecular flexibility index (Phi) is 3.42. The van der Waals surface area contributed by atoms with Gasteiger partial charge in [0, 0.05) is 5.02 Å². The molecule has 0 saturated carbocycles. The zero-order valence-electron chi connectivity index (χ0n) is 12.3.